The molecule has 2 heterocycles. The fourth-order valence-corrected chi connectivity index (χ4v) is 3.70. The van der Waals surface area contributed by atoms with Crippen molar-refractivity contribution < 1.29 is 28.9 Å². The van der Waals surface area contributed by atoms with Crippen LogP contribution in [0.4, 0.5) is 0 Å². The fourth-order valence-electron chi connectivity index (χ4n) is 3.70. The molecule has 3 aliphatic rings. The van der Waals surface area contributed by atoms with Gasteiger partial charge >= 0.3 is 11.9 Å². The standard InChI is InChI=1S/C20H26O6/c1-6-10(2)18(22)25-15-9-20(5)16(26-20)8-13(21)11(3)7-14-17(15)12(4)19(23)24-14/h6-7,13-17,21H,4,8-9H2,1-3,5H3/b10-6-,11-7-/t13-,14+,15+,16+,17-,20+/m0/s1. The van der Waals surface area contributed by atoms with Crippen LogP contribution in [0.3, 0.4) is 0 Å². The summed E-state index contributed by atoms with van der Waals surface area (Å²) >= 11 is 0. The van der Waals surface area contributed by atoms with Gasteiger partial charge < -0.3 is 19.3 Å². The minimum Gasteiger partial charge on any atom is -0.458 e. The second-order valence-electron chi connectivity index (χ2n) is 7.62. The number of carbonyl (C=O) groups is 2. The molecule has 0 radical (unpaired) electrons. The lowest BCUT2D eigenvalue weighted by Crippen LogP contribution is -2.37. The second kappa shape index (κ2) is 6.67. The number of esters is 2. The van der Waals surface area contributed by atoms with Gasteiger partial charge in [-0.3, -0.25) is 0 Å². The topological polar surface area (TPSA) is 85.4 Å². The molecule has 2 saturated heterocycles. The molecular formula is C20H26O6. The fraction of sp³-hybridized carbons (Fsp3) is 0.600. The Morgan fingerprint density at radius 1 is 1.50 bits per heavy atom. The predicted octanol–water partition coefficient (Wildman–Crippen LogP) is 2.22. The zero-order valence-corrected chi connectivity index (χ0v) is 15.7. The Hall–Kier alpha value is -1.92. The Labute approximate surface area is 153 Å². The molecule has 0 bridgehead atoms. The zero-order chi connectivity index (χ0) is 19.2. The van der Waals surface area contributed by atoms with Crippen LogP contribution in [0.15, 0.2) is 35.5 Å². The van der Waals surface area contributed by atoms with Gasteiger partial charge in [-0.15, -0.1) is 0 Å². The molecule has 6 atom stereocenters. The molecule has 1 N–H and O–H groups in total. The smallest absolute Gasteiger partial charge is 0.334 e. The summed E-state index contributed by atoms with van der Waals surface area (Å²) in [6.45, 7) is 11.0. The van der Waals surface area contributed by atoms with E-state index in [0.717, 1.165) is 0 Å². The maximum Gasteiger partial charge on any atom is 0.334 e. The molecule has 0 aromatic heterocycles. The maximum absolute atomic E-state index is 12.4. The summed E-state index contributed by atoms with van der Waals surface area (Å²) in [5, 5.41) is 10.4. The van der Waals surface area contributed by atoms with Gasteiger partial charge in [0.1, 0.15) is 12.2 Å². The van der Waals surface area contributed by atoms with E-state index in [1.165, 1.54) is 0 Å². The first-order valence-electron chi connectivity index (χ1n) is 8.94. The highest BCUT2D eigenvalue weighted by molar-refractivity contribution is 5.92. The summed E-state index contributed by atoms with van der Waals surface area (Å²) in [6.07, 6.45) is 2.29. The van der Waals surface area contributed by atoms with Gasteiger partial charge in [-0.25, -0.2) is 9.59 Å². The lowest BCUT2D eigenvalue weighted by atomic mass is 9.82. The Morgan fingerprint density at radius 3 is 2.85 bits per heavy atom. The van der Waals surface area contributed by atoms with E-state index in [9.17, 15) is 14.7 Å². The zero-order valence-electron chi connectivity index (χ0n) is 15.7. The lowest BCUT2D eigenvalue weighted by molar-refractivity contribution is -0.148. The largest absolute Gasteiger partial charge is 0.458 e. The van der Waals surface area contributed by atoms with Gasteiger partial charge in [0, 0.05) is 24.0 Å². The number of aliphatic hydroxyl groups excluding tert-OH is 1. The molecule has 3 rings (SSSR count). The molecule has 0 aromatic carbocycles. The lowest BCUT2D eigenvalue weighted by Gasteiger charge is -2.29. The molecule has 6 nitrogen and oxygen atoms in total. The Kier molecular flexibility index (Phi) is 4.84. The van der Waals surface area contributed by atoms with Crippen molar-refractivity contribution in [1.82, 2.24) is 0 Å². The van der Waals surface area contributed by atoms with Crippen LogP contribution in [0.5, 0.6) is 0 Å². The van der Waals surface area contributed by atoms with Crippen molar-refractivity contribution in [2.24, 2.45) is 5.92 Å². The molecule has 0 spiro atoms. The molecule has 26 heavy (non-hydrogen) atoms. The summed E-state index contributed by atoms with van der Waals surface area (Å²) < 4.78 is 17.0. The van der Waals surface area contributed by atoms with Crippen LogP contribution in [0.2, 0.25) is 0 Å². The summed E-state index contributed by atoms with van der Waals surface area (Å²) in [6, 6.07) is 0. The van der Waals surface area contributed by atoms with Crippen LogP contribution in [0, 0.1) is 5.92 Å². The number of carbonyl (C=O) groups excluding carboxylic acids is 2. The second-order valence-corrected chi connectivity index (χ2v) is 7.62. The van der Waals surface area contributed by atoms with E-state index in [0.29, 0.717) is 24.0 Å². The highest BCUT2D eigenvalue weighted by Crippen LogP contribution is 2.47. The third-order valence-corrected chi connectivity index (χ3v) is 5.71. The van der Waals surface area contributed by atoms with Crippen molar-refractivity contribution >= 4 is 11.9 Å². The molecule has 0 saturated carbocycles. The first-order valence-corrected chi connectivity index (χ1v) is 8.94. The molecule has 142 valence electrons. The summed E-state index contributed by atoms with van der Waals surface area (Å²) in [5.41, 5.74) is 0.974. The number of allylic oxidation sites excluding steroid dienone is 1. The molecule has 1 aliphatic carbocycles. The number of hydrogen-bond donors (Lipinski definition) is 1. The van der Waals surface area contributed by atoms with Crippen molar-refractivity contribution in [3.05, 3.63) is 35.5 Å². The number of aliphatic hydroxyl groups is 1. The number of hydrogen-bond acceptors (Lipinski definition) is 6. The highest BCUT2D eigenvalue weighted by Gasteiger charge is 2.57. The van der Waals surface area contributed by atoms with E-state index in [2.05, 4.69) is 6.58 Å². The molecular weight excluding hydrogens is 336 g/mol. The minimum atomic E-state index is -0.667. The summed E-state index contributed by atoms with van der Waals surface area (Å²) in [4.78, 5) is 24.5. The SMILES string of the molecule is C=C1C(=O)O[C@@H]2/C=C(/C)[C@@H](O)C[C@H]3O[C@]3(C)C[C@@H](OC(=O)/C(C)=C\C)[C@@H]12. The van der Waals surface area contributed by atoms with Gasteiger partial charge in [-0.05, 0) is 39.3 Å². The molecule has 6 heteroatoms. The van der Waals surface area contributed by atoms with Crippen molar-refractivity contribution in [3.63, 3.8) is 0 Å². The normalized spacial score (nSPS) is 42.1. The number of rotatable bonds is 2. The Balaban J connectivity index is 1.98. The quantitative estimate of drug-likeness (QED) is 0.351. The Morgan fingerprint density at radius 2 is 2.19 bits per heavy atom. The average molecular weight is 362 g/mol. The van der Waals surface area contributed by atoms with Crippen LogP contribution < -0.4 is 0 Å². The van der Waals surface area contributed by atoms with Crippen LogP contribution in [0.1, 0.15) is 40.5 Å². The maximum atomic E-state index is 12.4. The van der Waals surface area contributed by atoms with E-state index >= 15 is 0 Å². The molecule has 0 unspecified atom stereocenters. The van der Waals surface area contributed by atoms with Crippen molar-refractivity contribution in [1.29, 1.82) is 0 Å². The van der Waals surface area contributed by atoms with Crippen LogP contribution in [0.25, 0.3) is 0 Å². The van der Waals surface area contributed by atoms with Crippen molar-refractivity contribution in [3.8, 4) is 0 Å². The van der Waals surface area contributed by atoms with Crippen molar-refractivity contribution in [2.45, 2.75) is 70.6 Å². The number of fused-ring (bicyclic) bond motifs is 2. The molecule has 0 amide bonds. The molecule has 2 fully saturated rings. The predicted molar refractivity (Wildman–Crippen MR) is 94.1 cm³/mol. The number of ether oxygens (including phenoxy) is 3. The monoisotopic (exact) mass is 362 g/mol. The van der Waals surface area contributed by atoms with E-state index in [4.69, 9.17) is 14.2 Å². The Bertz CT molecular complexity index is 705. The minimum absolute atomic E-state index is 0.118. The number of epoxide rings is 1. The van der Waals surface area contributed by atoms with Gasteiger partial charge in [-0.2, -0.15) is 0 Å². The summed E-state index contributed by atoms with van der Waals surface area (Å²) in [7, 11) is 0. The molecule has 0 aromatic rings. The van der Waals surface area contributed by atoms with Gasteiger partial charge in [0.15, 0.2) is 0 Å². The van der Waals surface area contributed by atoms with E-state index in [-0.39, 0.29) is 11.7 Å². The van der Waals surface area contributed by atoms with E-state index in [1.807, 2.05) is 6.92 Å². The summed E-state index contributed by atoms with van der Waals surface area (Å²) in [5.74, 6) is -1.43. The van der Waals surface area contributed by atoms with Gasteiger partial charge in [0.2, 0.25) is 0 Å². The third-order valence-electron chi connectivity index (χ3n) is 5.71. The first-order chi connectivity index (χ1) is 12.2. The first kappa shape index (κ1) is 18.9. The average Bonchev–Trinajstić information content (AvgIpc) is 3.11. The van der Waals surface area contributed by atoms with Crippen molar-refractivity contribution in [2.75, 3.05) is 0 Å². The van der Waals surface area contributed by atoms with Gasteiger partial charge in [-0.1, -0.05) is 12.7 Å². The molecule has 2 aliphatic heterocycles. The van der Waals surface area contributed by atoms with Crippen LogP contribution in [-0.4, -0.2) is 47.1 Å². The highest BCUT2D eigenvalue weighted by atomic mass is 16.6. The van der Waals surface area contributed by atoms with E-state index in [1.54, 1.807) is 32.9 Å². The van der Waals surface area contributed by atoms with Crippen LogP contribution >= 0.6 is 0 Å². The van der Waals surface area contributed by atoms with Gasteiger partial charge in [0.25, 0.3) is 0 Å². The van der Waals surface area contributed by atoms with Gasteiger partial charge in [0.05, 0.1) is 23.7 Å². The van der Waals surface area contributed by atoms with Crippen LogP contribution in [-0.2, 0) is 23.8 Å². The third kappa shape index (κ3) is 3.35. The van der Waals surface area contributed by atoms with E-state index < -0.39 is 41.8 Å².